The molecule has 1 saturated heterocycles. The van der Waals surface area contributed by atoms with Crippen LogP contribution in [0.15, 0.2) is 30.3 Å². The van der Waals surface area contributed by atoms with Gasteiger partial charge in [-0.05, 0) is 37.5 Å². The Morgan fingerprint density at radius 1 is 1.20 bits per heavy atom. The van der Waals surface area contributed by atoms with Crippen molar-refractivity contribution in [3.05, 3.63) is 41.6 Å². The average Bonchev–Trinajstić information content (AvgIpc) is 3.28. The molecule has 2 unspecified atom stereocenters. The third-order valence-corrected chi connectivity index (χ3v) is 6.30. The summed E-state index contributed by atoms with van der Waals surface area (Å²) >= 11 is 0. The smallest absolute Gasteiger partial charge is 0.410 e. The molecule has 1 aromatic carbocycles. The van der Waals surface area contributed by atoms with Crippen molar-refractivity contribution in [2.45, 2.75) is 50.5 Å². The van der Waals surface area contributed by atoms with E-state index in [1.54, 1.807) is 36.1 Å². The molecule has 2 amide bonds. The summed E-state index contributed by atoms with van der Waals surface area (Å²) in [7, 11) is 1.52. The summed E-state index contributed by atoms with van der Waals surface area (Å²) in [5, 5.41) is 9.92. The van der Waals surface area contributed by atoms with E-state index in [9.17, 15) is 22.8 Å². The number of likely N-dealkylation sites (tertiary alicyclic amines) is 1. The fraction of sp³-hybridized carbons (Fsp3) is 0.522. The van der Waals surface area contributed by atoms with E-state index in [1.165, 1.54) is 13.2 Å². The number of methoxy groups -OCH3 is 1. The minimum absolute atomic E-state index is 0.0926. The Balaban J connectivity index is 1.46. The number of alkyl halides is 3. The van der Waals surface area contributed by atoms with Crippen LogP contribution in [0.25, 0.3) is 0 Å². The molecule has 12 heteroatoms. The molecule has 0 spiro atoms. The van der Waals surface area contributed by atoms with E-state index in [4.69, 9.17) is 9.47 Å². The Morgan fingerprint density at radius 2 is 1.89 bits per heavy atom. The molecule has 35 heavy (non-hydrogen) atoms. The summed E-state index contributed by atoms with van der Waals surface area (Å²) < 4.78 is 52.7. The molecule has 4 rings (SSSR count). The number of carbonyl (C=O) groups is 2. The van der Waals surface area contributed by atoms with Gasteiger partial charge in [0.2, 0.25) is 0 Å². The van der Waals surface area contributed by atoms with Crippen LogP contribution in [0, 0.1) is 0 Å². The van der Waals surface area contributed by atoms with Crippen molar-refractivity contribution in [2.75, 3.05) is 32.1 Å². The second-order valence-corrected chi connectivity index (χ2v) is 8.56. The molecule has 0 saturated carbocycles. The van der Waals surface area contributed by atoms with E-state index in [-0.39, 0.29) is 30.6 Å². The highest BCUT2D eigenvalue weighted by Crippen LogP contribution is 2.43. The van der Waals surface area contributed by atoms with E-state index in [2.05, 4.69) is 15.7 Å². The summed E-state index contributed by atoms with van der Waals surface area (Å²) in [4.78, 5) is 26.2. The lowest BCUT2D eigenvalue weighted by atomic mass is 9.97. The minimum Gasteiger partial charge on any atom is -0.497 e. The third kappa shape index (κ3) is 5.46. The van der Waals surface area contributed by atoms with Gasteiger partial charge >= 0.3 is 12.3 Å². The predicted molar refractivity (Wildman–Crippen MR) is 120 cm³/mol. The zero-order chi connectivity index (χ0) is 25.2. The van der Waals surface area contributed by atoms with Crippen LogP contribution in [0.1, 0.15) is 54.3 Å². The first-order chi connectivity index (χ1) is 16.7. The number of piperidine rings is 1. The van der Waals surface area contributed by atoms with Gasteiger partial charge in [-0.3, -0.25) is 4.79 Å². The van der Waals surface area contributed by atoms with E-state index >= 15 is 0 Å². The lowest BCUT2D eigenvalue weighted by Gasteiger charge is -2.33. The van der Waals surface area contributed by atoms with Gasteiger partial charge in [-0.25, -0.2) is 9.48 Å². The van der Waals surface area contributed by atoms with Crippen LogP contribution in [0.3, 0.4) is 0 Å². The number of nitrogens with one attached hydrogen (secondary N) is 2. The van der Waals surface area contributed by atoms with Crippen LogP contribution in [0.4, 0.5) is 23.8 Å². The standard InChI is InChI=1S/C23H28F3N5O4/c1-3-35-22(33)30-10-8-15(9-11-30)27-21(32)18-13-20-28-17(14-4-6-16(34-2)7-5-14)12-19(23(24,25)26)31(20)29-18/h4-7,13,15,17,19,28H,3,8-12H2,1-2H3,(H,27,32). The van der Waals surface area contributed by atoms with Crippen LogP contribution in [-0.2, 0) is 4.74 Å². The number of hydrogen-bond donors (Lipinski definition) is 2. The Morgan fingerprint density at radius 3 is 2.49 bits per heavy atom. The van der Waals surface area contributed by atoms with Crippen LogP contribution < -0.4 is 15.4 Å². The zero-order valence-electron chi connectivity index (χ0n) is 19.5. The summed E-state index contributed by atoms with van der Waals surface area (Å²) in [5.74, 6) is 0.181. The normalized spacial score (nSPS) is 20.5. The molecule has 2 aliphatic heterocycles. The first-order valence-corrected chi connectivity index (χ1v) is 11.5. The van der Waals surface area contributed by atoms with Gasteiger partial charge in [0.25, 0.3) is 5.91 Å². The largest absolute Gasteiger partial charge is 0.497 e. The van der Waals surface area contributed by atoms with Crippen molar-refractivity contribution in [3.63, 3.8) is 0 Å². The van der Waals surface area contributed by atoms with Gasteiger partial charge in [-0.2, -0.15) is 18.3 Å². The van der Waals surface area contributed by atoms with Gasteiger partial charge in [0, 0.05) is 31.6 Å². The quantitative estimate of drug-likeness (QED) is 0.653. The molecule has 1 aromatic heterocycles. The molecule has 0 radical (unpaired) electrons. The molecule has 1 fully saturated rings. The van der Waals surface area contributed by atoms with Gasteiger partial charge in [0.15, 0.2) is 11.7 Å². The number of hydrogen-bond acceptors (Lipinski definition) is 6. The first kappa shape index (κ1) is 24.7. The number of anilines is 1. The van der Waals surface area contributed by atoms with Crippen LogP contribution >= 0.6 is 0 Å². The Bertz CT molecular complexity index is 1050. The Hall–Kier alpha value is -3.44. The molecule has 2 aliphatic rings. The Labute approximate surface area is 200 Å². The lowest BCUT2D eigenvalue weighted by Crippen LogP contribution is -2.46. The summed E-state index contributed by atoms with van der Waals surface area (Å²) in [6.45, 7) is 2.86. The fourth-order valence-corrected chi connectivity index (χ4v) is 4.42. The molecule has 0 aliphatic carbocycles. The number of fused-ring (bicyclic) bond motifs is 1. The number of rotatable bonds is 5. The fourth-order valence-electron chi connectivity index (χ4n) is 4.42. The van der Waals surface area contributed by atoms with Crippen molar-refractivity contribution in [1.29, 1.82) is 0 Å². The van der Waals surface area contributed by atoms with Gasteiger partial charge in [-0.15, -0.1) is 0 Å². The summed E-state index contributed by atoms with van der Waals surface area (Å²) in [6.07, 6.45) is -4.17. The monoisotopic (exact) mass is 495 g/mol. The van der Waals surface area contributed by atoms with Crippen LogP contribution in [0.2, 0.25) is 0 Å². The highest BCUT2D eigenvalue weighted by atomic mass is 19.4. The first-order valence-electron chi connectivity index (χ1n) is 11.5. The van der Waals surface area contributed by atoms with Crippen LogP contribution in [0.5, 0.6) is 5.75 Å². The minimum atomic E-state index is -4.54. The second kappa shape index (κ2) is 10.0. The lowest BCUT2D eigenvalue weighted by molar-refractivity contribution is -0.173. The Kier molecular flexibility index (Phi) is 7.08. The maximum Gasteiger partial charge on any atom is 0.410 e. The number of nitrogens with zero attached hydrogens (tertiary/aromatic N) is 3. The highest BCUT2D eigenvalue weighted by Gasteiger charge is 2.47. The molecule has 2 N–H and O–H groups in total. The maximum atomic E-state index is 13.9. The van der Waals surface area contributed by atoms with Gasteiger partial charge < -0.3 is 25.0 Å². The van der Waals surface area contributed by atoms with Crippen LogP contribution in [-0.4, -0.2) is 65.7 Å². The van der Waals surface area contributed by atoms with E-state index in [1.807, 2.05) is 0 Å². The average molecular weight is 496 g/mol. The number of ether oxygens (including phenoxy) is 2. The molecule has 9 nitrogen and oxygen atoms in total. The molecule has 190 valence electrons. The number of carbonyl (C=O) groups excluding carboxylic acids is 2. The van der Waals surface area contributed by atoms with Gasteiger partial charge in [0.1, 0.15) is 11.6 Å². The van der Waals surface area contributed by atoms with Crippen molar-refractivity contribution in [3.8, 4) is 5.75 Å². The van der Waals surface area contributed by atoms with Gasteiger partial charge in [-0.1, -0.05) is 12.1 Å². The van der Waals surface area contributed by atoms with Crippen molar-refractivity contribution in [2.24, 2.45) is 0 Å². The SMILES string of the molecule is CCOC(=O)N1CCC(NC(=O)c2cc3n(n2)C(C(F)(F)F)CC(c2ccc(OC)cc2)N3)CC1. The second-order valence-electron chi connectivity index (χ2n) is 8.56. The molecule has 0 bridgehead atoms. The van der Waals surface area contributed by atoms with Crippen molar-refractivity contribution < 1.29 is 32.2 Å². The number of halogens is 3. The molecular weight excluding hydrogens is 467 g/mol. The van der Waals surface area contributed by atoms with E-state index in [0.717, 1.165) is 4.68 Å². The predicted octanol–water partition coefficient (Wildman–Crippen LogP) is 3.90. The van der Waals surface area contributed by atoms with Crippen molar-refractivity contribution >= 4 is 17.8 Å². The third-order valence-electron chi connectivity index (χ3n) is 6.30. The van der Waals surface area contributed by atoms with Crippen molar-refractivity contribution in [1.82, 2.24) is 20.0 Å². The molecule has 2 aromatic rings. The topological polar surface area (TPSA) is 97.7 Å². The summed E-state index contributed by atoms with van der Waals surface area (Å²) in [6, 6.07) is 5.45. The molecule has 3 heterocycles. The molecule has 2 atom stereocenters. The molecular formula is C23H28F3N5O4. The number of amides is 2. The highest BCUT2D eigenvalue weighted by molar-refractivity contribution is 5.93. The van der Waals surface area contributed by atoms with Gasteiger partial charge in [0.05, 0.1) is 19.8 Å². The number of aromatic nitrogens is 2. The van der Waals surface area contributed by atoms with E-state index < -0.39 is 30.3 Å². The maximum absolute atomic E-state index is 13.9. The summed E-state index contributed by atoms with van der Waals surface area (Å²) in [5.41, 5.74) is 0.580. The number of benzene rings is 1. The zero-order valence-corrected chi connectivity index (χ0v) is 19.5. The van der Waals surface area contributed by atoms with E-state index in [0.29, 0.717) is 37.2 Å².